The summed E-state index contributed by atoms with van der Waals surface area (Å²) in [6.45, 7) is 4.09. The fourth-order valence-electron chi connectivity index (χ4n) is 2.81. The second-order valence-electron chi connectivity index (χ2n) is 6.86. The van der Waals surface area contributed by atoms with Crippen molar-refractivity contribution in [2.75, 3.05) is 13.2 Å². The Labute approximate surface area is 162 Å². The van der Waals surface area contributed by atoms with Crippen LogP contribution in [0, 0.1) is 0 Å². The smallest absolute Gasteiger partial charge is 0.396 e. The maximum Gasteiger partial charge on any atom is 0.397 e. The standard InChI is InChI=1S/C18H38O.C2H6O4S/c1-2-3-4-5-6-7-8-9-10-11-12-13-14-15-16-17-18-19;1-2-6-7(3,4)5/h19H,2-18H2,1H3;2H2,1H3,(H,3,4,5). The van der Waals surface area contributed by atoms with E-state index in [9.17, 15) is 8.42 Å². The van der Waals surface area contributed by atoms with E-state index < -0.39 is 10.4 Å². The monoisotopic (exact) mass is 396 g/mol. The van der Waals surface area contributed by atoms with Crippen molar-refractivity contribution in [3.05, 3.63) is 0 Å². The lowest BCUT2D eigenvalue weighted by Gasteiger charge is -2.03. The normalized spacial score (nSPS) is 11.2. The van der Waals surface area contributed by atoms with Crippen LogP contribution in [0.3, 0.4) is 0 Å². The Morgan fingerprint density at radius 3 is 1.12 bits per heavy atom. The molecule has 0 aliphatic heterocycles. The Morgan fingerprint density at radius 1 is 0.615 bits per heavy atom. The first kappa shape index (κ1) is 28.0. The summed E-state index contributed by atoms with van der Waals surface area (Å²) < 4.78 is 30.7. The molecule has 0 fully saturated rings. The fraction of sp³-hybridized carbons (Fsp3) is 1.00. The predicted molar refractivity (Wildman–Crippen MR) is 110 cm³/mol. The Bertz CT molecular complexity index is 328. The van der Waals surface area contributed by atoms with E-state index >= 15 is 0 Å². The molecule has 6 heteroatoms. The highest BCUT2D eigenvalue weighted by Crippen LogP contribution is 2.13. The number of aliphatic hydroxyl groups excluding tert-OH is 1. The van der Waals surface area contributed by atoms with Crippen LogP contribution in [0.2, 0.25) is 0 Å². The summed E-state index contributed by atoms with van der Waals surface area (Å²) in [5.41, 5.74) is 0. The zero-order chi connectivity index (χ0) is 19.9. The van der Waals surface area contributed by atoms with Crippen LogP contribution in [0.1, 0.15) is 117 Å². The summed E-state index contributed by atoms with van der Waals surface area (Å²) in [5, 5.41) is 8.67. The molecule has 26 heavy (non-hydrogen) atoms. The molecule has 0 saturated carbocycles. The quantitative estimate of drug-likeness (QED) is 0.217. The fourth-order valence-corrected chi connectivity index (χ4v) is 3.11. The summed E-state index contributed by atoms with van der Waals surface area (Å²) in [4.78, 5) is 0. The summed E-state index contributed by atoms with van der Waals surface area (Å²) in [5.74, 6) is 0. The molecule has 0 aromatic heterocycles. The van der Waals surface area contributed by atoms with Gasteiger partial charge in [-0.2, -0.15) is 8.42 Å². The van der Waals surface area contributed by atoms with Gasteiger partial charge in [0.2, 0.25) is 0 Å². The van der Waals surface area contributed by atoms with Gasteiger partial charge in [0.25, 0.3) is 0 Å². The molecule has 160 valence electrons. The van der Waals surface area contributed by atoms with Crippen LogP contribution in [0.4, 0.5) is 0 Å². The summed E-state index contributed by atoms with van der Waals surface area (Å²) >= 11 is 0. The average Bonchev–Trinajstić information content (AvgIpc) is 2.58. The highest BCUT2D eigenvalue weighted by molar-refractivity contribution is 7.80. The van der Waals surface area contributed by atoms with Gasteiger partial charge in [0.05, 0.1) is 6.61 Å². The van der Waals surface area contributed by atoms with Crippen molar-refractivity contribution < 1.29 is 22.3 Å². The van der Waals surface area contributed by atoms with Gasteiger partial charge in [-0.05, 0) is 13.3 Å². The van der Waals surface area contributed by atoms with E-state index in [0.29, 0.717) is 6.61 Å². The lowest BCUT2D eigenvalue weighted by atomic mass is 10.0. The van der Waals surface area contributed by atoms with Crippen molar-refractivity contribution in [2.24, 2.45) is 0 Å². The van der Waals surface area contributed by atoms with Crippen LogP contribution in [-0.2, 0) is 14.6 Å². The maximum absolute atomic E-state index is 9.56. The molecular weight excluding hydrogens is 352 g/mol. The van der Waals surface area contributed by atoms with Crippen LogP contribution >= 0.6 is 0 Å². The molecule has 2 N–H and O–H groups in total. The molecule has 0 saturated heterocycles. The third-order valence-corrected chi connectivity index (χ3v) is 4.81. The van der Waals surface area contributed by atoms with Crippen LogP contribution < -0.4 is 0 Å². The summed E-state index contributed by atoms with van der Waals surface area (Å²) in [6, 6.07) is 0. The number of rotatable bonds is 18. The molecule has 0 aliphatic carbocycles. The minimum atomic E-state index is -4.17. The molecule has 0 spiro atoms. The number of hydrogen-bond acceptors (Lipinski definition) is 4. The van der Waals surface area contributed by atoms with Crippen molar-refractivity contribution >= 4 is 10.4 Å². The van der Waals surface area contributed by atoms with E-state index in [-0.39, 0.29) is 6.61 Å². The van der Waals surface area contributed by atoms with Gasteiger partial charge < -0.3 is 5.11 Å². The first-order chi connectivity index (χ1) is 12.5. The van der Waals surface area contributed by atoms with Gasteiger partial charge in [0.15, 0.2) is 0 Å². The summed E-state index contributed by atoms with van der Waals surface area (Å²) in [7, 11) is -4.17. The molecule has 0 atom stereocenters. The van der Waals surface area contributed by atoms with Gasteiger partial charge in [-0.15, -0.1) is 0 Å². The van der Waals surface area contributed by atoms with Crippen LogP contribution in [-0.4, -0.2) is 31.3 Å². The van der Waals surface area contributed by atoms with E-state index in [1.807, 2.05) is 0 Å². The van der Waals surface area contributed by atoms with Crippen molar-refractivity contribution in [1.82, 2.24) is 0 Å². The zero-order valence-electron chi connectivity index (χ0n) is 17.3. The number of aliphatic hydroxyl groups is 1. The molecule has 0 aromatic carbocycles. The van der Waals surface area contributed by atoms with Gasteiger partial charge in [-0.25, -0.2) is 4.18 Å². The molecule has 0 aliphatic rings. The van der Waals surface area contributed by atoms with Crippen molar-refractivity contribution in [3.63, 3.8) is 0 Å². The highest BCUT2D eigenvalue weighted by atomic mass is 32.3. The van der Waals surface area contributed by atoms with E-state index in [2.05, 4.69) is 11.1 Å². The maximum atomic E-state index is 9.56. The average molecular weight is 397 g/mol. The van der Waals surface area contributed by atoms with Gasteiger partial charge in [0.1, 0.15) is 0 Å². The second kappa shape index (κ2) is 22.9. The van der Waals surface area contributed by atoms with Crippen molar-refractivity contribution in [1.29, 1.82) is 0 Å². The van der Waals surface area contributed by atoms with Crippen LogP contribution in [0.5, 0.6) is 0 Å². The Kier molecular flexibility index (Phi) is 24.7. The number of unbranched alkanes of at least 4 members (excludes halogenated alkanes) is 15. The molecule has 0 radical (unpaired) electrons. The van der Waals surface area contributed by atoms with E-state index in [4.69, 9.17) is 9.66 Å². The Morgan fingerprint density at radius 2 is 0.923 bits per heavy atom. The molecule has 0 unspecified atom stereocenters. The van der Waals surface area contributed by atoms with E-state index in [1.165, 1.54) is 103 Å². The third kappa shape index (κ3) is 31.6. The minimum absolute atomic E-state index is 0.0289. The molecule has 0 amide bonds. The van der Waals surface area contributed by atoms with Crippen LogP contribution in [0.15, 0.2) is 0 Å². The molecule has 0 rings (SSSR count). The Hall–Kier alpha value is -0.170. The molecular formula is C20H44O5S. The van der Waals surface area contributed by atoms with Gasteiger partial charge >= 0.3 is 10.4 Å². The topological polar surface area (TPSA) is 83.8 Å². The number of hydrogen-bond donors (Lipinski definition) is 2. The van der Waals surface area contributed by atoms with Gasteiger partial charge in [-0.3, -0.25) is 4.55 Å². The van der Waals surface area contributed by atoms with Crippen molar-refractivity contribution in [2.45, 2.75) is 117 Å². The predicted octanol–water partition coefficient (Wildman–Crippen LogP) is 6.07. The lowest BCUT2D eigenvalue weighted by molar-refractivity contribution is 0.282. The molecule has 0 heterocycles. The molecule has 0 bridgehead atoms. The van der Waals surface area contributed by atoms with E-state index in [0.717, 1.165) is 6.42 Å². The first-order valence-electron chi connectivity index (χ1n) is 10.7. The minimum Gasteiger partial charge on any atom is -0.396 e. The van der Waals surface area contributed by atoms with Gasteiger partial charge in [0, 0.05) is 6.61 Å². The van der Waals surface area contributed by atoms with Crippen molar-refractivity contribution in [3.8, 4) is 0 Å². The third-order valence-electron chi connectivity index (χ3n) is 4.28. The molecule has 0 aromatic rings. The first-order valence-corrected chi connectivity index (χ1v) is 12.1. The summed E-state index contributed by atoms with van der Waals surface area (Å²) in [6.07, 6.45) is 22.2. The van der Waals surface area contributed by atoms with E-state index in [1.54, 1.807) is 0 Å². The Balaban J connectivity index is 0. The SMILES string of the molecule is CCCCCCCCCCCCCCCCCCO.CCOS(=O)(=O)O. The van der Waals surface area contributed by atoms with Gasteiger partial charge in [-0.1, -0.05) is 103 Å². The largest absolute Gasteiger partial charge is 0.397 e. The zero-order valence-corrected chi connectivity index (χ0v) is 18.1. The van der Waals surface area contributed by atoms with Crippen LogP contribution in [0.25, 0.3) is 0 Å². The molecule has 5 nitrogen and oxygen atoms in total. The second-order valence-corrected chi connectivity index (χ2v) is 7.95. The highest BCUT2D eigenvalue weighted by Gasteiger charge is 1.98. The lowest BCUT2D eigenvalue weighted by Crippen LogP contribution is -2.01.